The van der Waals surface area contributed by atoms with Gasteiger partial charge in [-0.1, -0.05) is 32.1 Å². The maximum Gasteiger partial charge on any atom is 0.234 e. The highest BCUT2D eigenvalue weighted by atomic mass is 16.5. The number of hydrogen-bond donors (Lipinski definition) is 2. The minimum absolute atomic E-state index is 0.128. The number of nitrogens with zero attached hydrogens (tertiary/aromatic N) is 2. The lowest BCUT2D eigenvalue weighted by Crippen LogP contribution is -2.46. The van der Waals surface area contributed by atoms with E-state index in [0.29, 0.717) is 25.8 Å². The third kappa shape index (κ3) is 5.91. The number of nitrogens with one attached hydrogen (secondary N) is 1. The Kier molecular flexibility index (Phi) is 7.52. The van der Waals surface area contributed by atoms with E-state index in [1.807, 2.05) is 0 Å². The van der Waals surface area contributed by atoms with Gasteiger partial charge in [-0.2, -0.15) is 0 Å². The van der Waals surface area contributed by atoms with Crippen LogP contribution in [0.5, 0.6) is 0 Å². The molecule has 6 heteroatoms. The lowest BCUT2D eigenvalue weighted by atomic mass is 9.97. The summed E-state index contributed by atoms with van der Waals surface area (Å²) in [6.45, 7) is 5.32. The number of carbonyl (C=O) groups excluding carboxylic acids is 1. The zero-order chi connectivity index (χ0) is 17.5. The topological polar surface area (TPSA) is 65.0 Å². The van der Waals surface area contributed by atoms with E-state index in [0.717, 1.165) is 45.4 Å². The third-order valence-electron chi connectivity index (χ3n) is 5.95. The van der Waals surface area contributed by atoms with E-state index in [-0.39, 0.29) is 18.1 Å². The van der Waals surface area contributed by atoms with Crippen LogP contribution < -0.4 is 5.32 Å². The lowest BCUT2D eigenvalue weighted by molar-refractivity contribution is -0.123. The number of carbonyl (C=O) groups is 1. The van der Waals surface area contributed by atoms with Crippen LogP contribution in [0.1, 0.15) is 51.4 Å². The van der Waals surface area contributed by atoms with Gasteiger partial charge in [0.15, 0.2) is 0 Å². The smallest absolute Gasteiger partial charge is 0.234 e. The Labute approximate surface area is 151 Å². The zero-order valence-electron chi connectivity index (χ0n) is 15.5. The summed E-state index contributed by atoms with van der Waals surface area (Å²) in [5, 5.41) is 13.3. The molecule has 6 nitrogen and oxygen atoms in total. The van der Waals surface area contributed by atoms with Gasteiger partial charge in [-0.05, 0) is 32.4 Å². The molecule has 3 aliphatic rings. The number of ether oxygens (including phenoxy) is 1. The van der Waals surface area contributed by atoms with Crippen LogP contribution >= 0.6 is 0 Å². The molecule has 25 heavy (non-hydrogen) atoms. The van der Waals surface area contributed by atoms with Crippen molar-refractivity contribution in [2.24, 2.45) is 0 Å². The van der Waals surface area contributed by atoms with Gasteiger partial charge in [0.1, 0.15) is 0 Å². The highest BCUT2D eigenvalue weighted by Crippen LogP contribution is 2.18. The molecular weight excluding hydrogens is 318 g/mol. The lowest BCUT2D eigenvalue weighted by Gasteiger charge is -2.28. The highest BCUT2D eigenvalue weighted by molar-refractivity contribution is 5.78. The first-order chi connectivity index (χ1) is 12.2. The Morgan fingerprint density at radius 2 is 1.72 bits per heavy atom. The van der Waals surface area contributed by atoms with Gasteiger partial charge in [-0.3, -0.25) is 14.6 Å². The molecule has 2 saturated heterocycles. The summed E-state index contributed by atoms with van der Waals surface area (Å²) in [6, 6.07) is 0.505. The molecule has 1 saturated carbocycles. The van der Waals surface area contributed by atoms with Gasteiger partial charge in [0, 0.05) is 19.1 Å². The SMILES string of the molecule is O=C(CN1CCCN([C@@H]2COC[C@H]2O)CC1)NC1CCCCCCC1. The average Bonchev–Trinajstić information content (AvgIpc) is 2.85. The second-order valence-electron chi connectivity index (χ2n) is 7.95. The molecule has 0 aromatic heterocycles. The molecule has 0 spiro atoms. The normalized spacial score (nSPS) is 31.2. The average molecular weight is 354 g/mol. The molecule has 2 aliphatic heterocycles. The summed E-state index contributed by atoms with van der Waals surface area (Å²) < 4.78 is 5.39. The molecule has 0 aromatic carbocycles. The summed E-state index contributed by atoms with van der Waals surface area (Å²) in [4.78, 5) is 17.1. The van der Waals surface area contributed by atoms with Crippen LogP contribution in [-0.2, 0) is 9.53 Å². The molecule has 3 rings (SSSR count). The van der Waals surface area contributed by atoms with Gasteiger partial charge in [0.05, 0.1) is 31.9 Å². The Bertz CT molecular complexity index is 413. The molecule has 0 bridgehead atoms. The van der Waals surface area contributed by atoms with E-state index in [4.69, 9.17) is 4.74 Å². The minimum atomic E-state index is -0.367. The Morgan fingerprint density at radius 3 is 2.44 bits per heavy atom. The molecule has 0 radical (unpaired) electrons. The van der Waals surface area contributed by atoms with Crippen molar-refractivity contribution in [3.05, 3.63) is 0 Å². The molecular formula is C19H35N3O3. The van der Waals surface area contributed by atoms with Crippen molar-refractivity contribution in [1.29, 1.82) is 0 Å². The minimum Gasteiger partial charge on any atom is -0.389 e. The summed E-state index contributed by atoms with van der Waals surface area (Å²) in [5.41, 5.74) is 0. The van der Waals surface area contributed by atoms with Crippen molar-refractivity contribution in [3.8, 4) is 0 Å². The first-order valence-corrected chi connectivity index (χ1v) is 10.2. The van der Waals surface area contributed by atoms with Crippen LogP contribution in [0.2, 0.25) is 0 Å². The van der Waals surface area contributed by atoms with E-state index in [1.165, 1.54) is 32.1 Å². The number of hydrogen-bond acceptors (Lipinski definition) is 5. The Morgan fingerprint density at radius 1 is 0.960 bits per heavy atom. The van der Waals surface area contributed by atoms with Crippen LogP contribution in [0.4, 0.5) is 0 Å². The molecule has 2 N–H and O–H groups in total. The maximum atomic E-state index is 12.5. The van der Waals surface area contributed by atoms with Crippen molar-refractivity contribution in [2.75, 3.05) is 45.9 Å². The van der Waals surface area contributed by atoms with E-state index >= 15 is 0 Å². The number of rotatable bonds is 4. The van der Waals surface area contributed by atoms with E-state index in [1.54, 1.807) is 0 Å². The van der Waals surface area contributed by atoms with Crippen molar-refractivity contribution in [1.82, 2.24) is 15.1 Å². The largest absolute Gasteiger partial charge is 0.389 e. The van der Waals surface area contributed by atoms with Crippen molar-refractivity contribution >= 4 is 5.91 Å². The quantitative estimate of drug-likeness (QED) is 0.789. The van der Waals surface area contributed by atoms with E-state index in [2.05, 4.69) is 15.1 Å². The molecule has 144 valence electrons. The van der Waals surface area contributed by atoms with Crippen LogP contribution in [0.3, 0.4) is 0 Å². The van der Waals surface area contributed by atoms with Gasteiger partial charge in [0.25, 0.3) is 0 Å². The Balaban J connectivity index is 1.40. The highest BCUT2D eigenvalue weighted by Gasteiger charge is 2.32. The van der Waals surface area contributed by atoms with Crippen molar-refractivity contribution in [3.63, 3.8) is 0 Å². The Hall–Kier alpha value is -0.690. The molecule has 2 heterocycles. The van der Waals surface area contributed by atoms with Gasteiger partial charge in [-0.25, -0.2) is 0 Å². The summed E-state index contributed by atoms with van der Waals surface area (Å²) in [5.74, 6) is 0.184. The van der Waals surface area contributed by atoms with Gasteiger partial charge >= 0.3 is 0 Å². The fraction of sp³-hybridized carbons (Fsp3) is 0.947. The molecule has 1 amide bonds. The standard InChI is InChI=1S/C19H35N3O3/c23-18-15-25-14-17(18)22-10-6-9-21(11-12-22)13-19(24)20-16-7-4-2-1-3-5-8-16/h16-18,23H,1-15H2,(H,20,24)/t17-,18-/m1/s1. The monoisotopic (exact) mass is 353 g/mol. The van der Waals surface area contributed by atoms with E-state index in [9.17, 15) is 9.90 Å². The molecule has 3 fully saturated rings. The third-order valence-corrected chi connectivity index (χ3v) is 5.95. The summed E-state index contributed by atoms with van der Waals surface area (Å²) in [6.07, 6.45) is 9.42. The maximum absolute atomic E-state index is 12.5. The second kappa shape index (κ2) is 9.86. The van der Waals surface area contributed by atoms with Crippen LogP contribution in [-0.4, -0.2) is 84.9 Å². The first-order valence-electron chi connectivity index (χ1n) is 10.2. The zero-order valence-corrected chi connectivity index (χ0v) is 15.5. The number of aliphatic hydroxyl groups is 1. The van der Waals surface area contributed by atoms with Gasteiger partial charge in [0.2, 0.25) is 5.91 Å². The van der Waals surface area contributed by atoms with Gasteiger partial charge < -0.3 is 15.2 Å². The molecule has 0 unspecified atom stereocenters. The van der Waals surface area contributed by atoms with E-state index < -0.39 is 0 Å². The first kappa shape index (κ1) is 19.1. The second-order valence-corrected chi connectivity index (χ2v) is 7.95. The summed E-state index contributed by atoms with van der Waals surface area (Å²) in [7, 11) is 0. The fourth-order valence-corrected chi connectivity index (χ4v) is 4.44. The van der Waals surface area contributed by atoms with Crippen molar-refractivity contribution < 1.29 is 14.6 Å². The molecule has 2 atom stereocenters. The number of aliphatic hydroxyl groups excluding tert-OH is 1. The fourth-order valence-electron chi connectivity index (χ4n) is 4.44. The van der Waals surface area contributed by atoms with Crippen molar-refractivity contribution in [2.45, 2.75) is 69.6 Å². The summed E-state index contributed by atoms with van der Waals surface area (Å²) >= 11 is 0. The van der Waals surface area contributed by atoms with Crippen LogP contribution in [0.15, 0.2) is 0 Å². The van der Waals surface area contributed by atoms with Crippen LogP contribution in [0, 0.1) is 0 Å². The molecule has 1 aliphatic carbocycles. The predicted molar refractivity (Wildman–Crippen MR) is 97.5 cm³/mol. The van der Waals surface area contributed by atoms with Gasteiger partial charge in [-0.15, -0.1) is 0 Å². The predicted octanol–water partition coefficient (Wildman–Crippen LogP) is 0.983. The number of amides is 1. The van der Waals surface area contributed by atoms with Crippen LogP contribution in [0.25, 0.3) is 0 Å². The molecule has 0 aromatic rings.